The third-order valence-electron chi connectivity index (χ3n) is 6.85. The van der Waals surface area contributed by atoms with Crippen molar-refractivity contribution in [2.75, 3.05) is 7.05 Å². The van der Waals surface area contributed by atoms with Gasteiger partial charge in [-0.05, 0) is 76.0 Å². The van der Waals surface area contributed by atoms with Crippen LogP contribution in [0.1, 0.15) is 126 Å². The van der Waals surface area contributed by atoms with Crippen LogP contribution in [-0.4, -0.2) is 17.9 Å². The van der Waals surface area contributed by atoms with Crippen molar-refractivity contribution >= 4 is 16.7 Å². The normalized spacial score (nSPS) is 10.6. The molecule has 268 valence electrons. The van der Waals surface area contributed by atoms with E-state index in [0.717, 1.165) is 62.9 Å². The van der Waals surface area contributed by atoms with E-state index in [1.807, 2.05) is 40.7 Å². The van der Waals surface area contributed by atoms with E-state index < -0.39 is 0 Å². The van der Waals surface area contributed by atoms with Crippen LogP contribution in [0.15, 0.2) is 126 Å². The molecule has 48 heavy (non-hydrogen) atoms. The van der Waals surface area contributed by atoms with E-state index in [0.29, 0.717) is 0 Å². The molecule has 0 unspecified atom stereocenters. The molecule has 1 heterocycles. The third kappa shape index (κ3) is 26.2. The molecule has 2 N–H and O–H groups in total. The lowest BCUT2D eigenvalue weighted by Crippen LogP contribution is -2.21. The van der Waals surface area contributed by atoms with E-state index >= 15 is 0 Å². The smallest absolute Gasteiger partial charge is 0.0998 e. The highest BCUT2D eigenvalue weighted by Gasteiger charge is 1.99. The van der Waals surface area contributed by atoms with Gasteiger partial charge in [-0.3, -0.25) is 4.99 Å². The molecular formula is C45H73N3. The lowest BCUT2D eigenvalue weighted by atomic mass is 10.1. The topological polar surface area (TPSA) is 40.2 Å². The molecule has 0 radical (unpaired) electrons. The van der Waals surface area contributed by atoms with Gasteiger partial charge in [-0.2, -0.15) is 0 Å². The molecule has 3 aromatic rings. The molecule has 3 nitrogen and oxygen atoms in total. The van der Waals surface area contributed by atoms with Gasteiger partial charge in [0.1, 0.15) is 0 Å². The highest BCUT2D eigenvalue weighted by molar-refractivity contribution is 5.83. The Morgan fingerprint density at radius 1 is 0.833 bits per heavy atom. The summed E-state index contributed by atoms with van der Waals surface area (Å²) in [5, 5.41) is 4.60. The Balaban J connectivity index is -0.000000570. The summed E-state index contributed by atoms with van der Waals surface area (Å²) in [4.78, 5) is 7.39. The number of rotatable bonds is 12. The Morgan fingerprint density at radius 3 is 1.94 bits per heavy atom. The van der Waals surface area contributed by atoms with E-state index in [4.69, 9.17) is 0 Å². The number of amidine groups is 1. The Morgan fingerprint density at radius 2 is 1.44 bits per heavy atom. The van der Waals surface area contributed by atoms with Gasteiger partial charge in [0.05, 0.1) is 5.84 Å². The number of benzene rings is 2. The number of nitrogens with one attached hydrogen (secondary N) is 2. The minimum atomic E-state index is 0.918. The zero-order valence-corrected chi connectivity index (χ0v) is 33.2. The average Bonchev–Trinajstić information content (AvgIpc) is 3.57. The van der Waals surface area contributed by atoms with Crippen LogP contribution in [-0.2, 0) is 12.8 Å². The van der Waals surface area contributed by atoms with Crippen LogP contribution in [0.5, 0.6) is 0 Å². The van der Waals surface area contributed by atoms with Crippen LogP contribution in [0.3, 0.4) is 0 Å². The van der Waals surface area contributed by atoms with Crippen LogP contribution in [0.25, 0.3) is 10.9 Å². The minimum Gasteiger partial charge on any atom is -0.361 e. The van der Waals surface area contributed by atoms with Crippen molar-refractivity contribution in [2.24, 2.45) is 4.99 Å². The number of allylic oxidation sites excluding steroid dienone is 8. The predicted molar refractivity (Wildman–Crippen MR) is 223 cm³/mol. The molecule has 0 saturated heterocycles. The second-order valence-corrected chi connectivity index (χ2v) is 10.5. The van der Waals surface area contributed by atoms with Gasteiger partial charge in [-0.1, -0.05) is 159 Å². The molecule has 0 fully saturated rings. The summed E-state index contributed by atoms with van der Waals surface area (Å²) in [6.45, 7) is 30.5. The Hall–Kier alpha value is -3.85. The van der Waals surface area contributed by atoms with E-state index in [1.54, 1.807) is 7.05 Å². The zero-order valence-electron chi connectivity index (χ0n) is 33.2. The van der Waals surface area contributed by atoms with Gasteiger partial charge in [-0.15, -0.1) is 6.58 Å². The van der Waals surface area contributed by atoms with Crippen LogP contribution in [0, 0.1) is 0 Å². The third-order valence-corrected chi connectivity index (χ3v) is 6.85. The predicted octanol–water partition coefficient (Wildman–Crippen LogP) is 14.2. The van der Waals surface area contributed by atoms with Crippen molar-refractivity contribution in [2.45, 2.75) is 128 Å². The maximum Gasteiger partial charge on any atom is 0.0998 e. The number of nitrogens with zero attached hydrogens (tertiary/aromatic N) is 1. The van der Waals surface area contributed by atoms with Gasteiger partial charge in [0.15, 0.2) is 0 Å². The summed E-state index contributed by atoms with van der Waals surface area (Å²) >= 11 is 0. The number of hydrogen-bond donors (Lipinski definition) is 2. The van der Waals surface area contributed by atoms with E-state index in [-0.39, 0.29) is 0 Å². The number of aromatic amines is 1. The Kier molecular flexibility index (Phi) is 36.4. The molecule has 0 amide bonds. The van der Waals surface area contributed by atoms with Gasteiger partial charge < -0.3 is 10.3 Å². The summed E-state index contributed by atoms with van der Waals surface area (Å²) in [7, 11) is 1.80. The number of para-hydroxylation sites is 1. The fourth-order valence-electron chi connectivity index (χ4n) is 3.96. The first-order chi connectivity index (χ1) is 23.3. The fraction of sp³-hybridized carbons (Fsp3) is 0.444. The van der Waals surface area contributed by atoms with Crippen LogP contribution >= 0.6 is 0 Å². The monoisotopic (exact) mass is 656 g/mol. The summed E-state index contributed by atoms with van der Waals surface area (Å²) in [6.07, 6.45) is 21.5. The van der Waals surface area contributed by atoms with Crippen molar-refractivity contribution in [3.8, 4) is 0 Å². The van der Waals surface area contributed by atoms with E-state index in [9.17, 15) is 0 Å². The standard InChI is InChI=1S/C14H20N2.C12H20.C10H11N.C5H10.2C2H6/c1-4-14(15-3)16-12(2)10-11-13-8-6-5-7-9-13;1-4-7-8-9-11-12(6-3)10-5-2;1-2-8-7-11-10-6-4-3-5-9(8)10;1-4-5(2)3;2*1-2/h5-9H,2,4,10-11H2,1,3H3,(H,15,16);5,7-8,10-11H,4,6,9H2,1-3H3;3-7,11H,2H2,1H3;2,4H2,1,3H3;2*1-2H3/b;8-7+,10-5-,12-11?;;;;. The molecule has 0 aliphatic carbocycles. The van der Waals surface area contributed by atoms with Crippen molar-refractivity contribution < 1.29 is 0 Å². The van der Waals surface area contributed by atoms with Crippen LogP contribution < -0.4 is 5.32 Å². The molecule has 1 aromatic heterocycles. The Bertz CT molecular complexity index is 1290. The van der Waals surface area contributed by atoms with Gasteiger partial charge in [0, 0.05) is 36.3 Å². The van der Waals surface area contributed by atoms with Crippen molar-refractivity contribution in [1.29, 1.82) is 0 Å². The second-order valence-electron chi connectivity index (χ2n) is 10.5. The molecule has 0 bridgehead atoms. The highest BCUT2D eigenvalue weighted by Crippen LogP contribution is 2.17. The number of H-pyrrole nitrogens is 1. The molecular weight excluding hydrogens is 583 g/mol. The molecule has 2 aromatic carbocycles. The van der Waals surface area contributed by atoms with Gasteiger partial charge in [0.25, 0.3) is 0 Å². The van der Waals surface area contributed by atoms with Gasteiger partial charge in [0.2, 0.25) is 0 Å². The minimum absolute atomic E-state index is 0.918. The molecule has 0 aliphatic heterocycles. The number of aliphatic imine (C=N–C) groups is 1. The molecule has 3 heteroatoms. The molecule has 0 saturated carbocycles. The summed E-state index contributed by atoms with van der Waals surface area (Å²) in [5.41, 5.74) is 7.71. The lowest BCUT2D eigenvalue weighted by Gasteiger charge is -2.10. The number of fused-ring (bicyclic) bond motifs is 1. The van der Waals surface area contributed by atoms with Gasteiger partial charge in [-0.25, -0.2) is 0 Å². The SMILES string of the molecule is C/C=C\C(=CC/C=C/CC)CC.C=C(C)CC.C=C(CCc1ccccc1)NC(CC)=NC.CC.CC.CCc1c[nH]c2ccccc12. The van der Waals surface area contributed by atoms with Crippen LogP contribution in [0.2, 0.25) is 0 Å². The number of hydrogen-bond acceptors (Lipinski definition) is 1. The van der Waals surface area contributed by atoms with Crippen molar-refractivity contribution in [3.63, 3.8) is 0 Å². The molecule has 0 aliphatic rings. The molecule has 3 rings (SSSR count). The first-order valence-corrected chi connectivity index (χ1v) is 18.4. The fourth-order valence-corrected chi connectivity index (χ4v) is 3.96. The summed E-state index contributed by atoms with van der Waals surface area (Å²) in [6, 6.07) is 18.8. The first-order valence-electron chi connectivity index (χ1n) is 18.4. The quantitative estimate of drug-likeness (QED) is 0.0867. The largest absolute Gasteiger partial charge is 0.361 e. The Labute approximate surface area is 298 Å². The number of aromatic nitrogens is 1. The van der Waals surface area contributed by atoms with Gasteiger partial charge >= 0.3 is 0 Å². The van der Waals surface area contributed by atoms with Crippen LogP contribution in [0.4, 0.5) is 0 Å². The van der Waals surface area contributed by atoms with E-state index in [1.165, 1.54) is 33.2 Å². The molecule has 0 atom stereocenters. The summed E-state index contributed by atoms with van der Waals surface area (Å²) < 4.78 is 0. The zero-order chi connectivity index (χ0) is 37.0. The average molecular weight is 656 g/mol. The summed E-state index contributed by atoms with van der Waals surface area (Å²) in [5.74, 6) is 0.998. The first kappa shape index (κ1) is 48.5. The number of aryl methyl sites for hydroxylation is 2. The second kappa shape index (κ2) is 36.0. The van der Waals surface area contributed by atoms with Crippen molar-refractivity contribution in [3.05, 3.63) is 132 Å². The highest BCUT2D eigenvalue weighted by atomic mass is 15.0. The molecule has 0 spiro atoms. The van der Waals surface area contributed by atoms with Crippen molar-refractivity contribution in [1.82, 2.24) is 10.3 Å². The van der Waals surface area contributed by atoms with E-state index in [2.05, 4.69) is 155 Å². The lowest BCUT2D eigenvalue weighted by molar-refractivity contribution is 0.875. The maximum atomic E-state index is 4.15. The maximum absolute atomic E-state index is 4.15.